The minimum atomic E-state index is -1.56. The van der Waals surface area contributed by atoms with Crippen LogP contribution in [0.3, 0.4) is 0 Å². The number of hydrogen-bond donors (Lipinski definition) is 1. The number of anilines is 1. The van der Waals surface area contributed by atoms with E-state index in [1.165, 1.54) is 12.4 Å². The predicted octanol–water partition coefficient (Wildman–Crippen LogP) is 4.13. The van der Waals surface area contributed by atoms with Crippen molar-refractivity contribution in [2.75, 3.05) is 24.6 Å². The molecule has 1 saturated heterocycles. The Balaban J connectivity index is 1.34. The maximum absolute atomic E-state index is 14.6. The summed E-state index contributed by atoms with van der Waals surface area (Å²) in [4.78, 5) is 28.8. The standard InChI is InChI=1S/C23H23F2N5O4/c1-2-14-9-26-21(27-10-14)30-5-3-15(4-6-30)13-33-20-18(24)7-16(8-19(20)25)17-11-28-22(29-12-17)34-23(31)32/h7-12,15H,2-6,13H2,1H3,(H,31,32). The van der Waals surface area contributed by atoms with Crippen LogP contribution in [0.15, 0.2) is 36.9 Å². The summed E-state index contributed by atoms with van der Waals surface area (Å²) in [6, 6.07) is 1.86. The quantitative estimate of drug-likeness (QED) is 0.509. The van der Waals surface area contributed by atoms with E-state index in [0.29, 0.717) is 11.5 Å². The Morgan fingerprint density at radius 1 is 1.03 bits per heavy atom. The van der Waals surface area contributed by atoms with Gasteiger partial charge in [-0.05, 0) is 48.4 Å². The Labute approximate surface area is 194 Å². The van der Waals surface area contributed by atoms with Crippen LogP contribution >= 0.6 is 0 Å². The van der Waals surface area contributed by atoms with Gasteiger partial charge in [0.05, 0.1) is 6.61 Å². The number of halogens is 2. The minimum absolute atomic E-state index is 0.153. The molecule has 0 amide bonds. The smallest absolute Gasteiger partial charge is 0.487 e. The second-order valence-electron chi connectivity index (χ2n) is 7.88. The van der Waals surface area contributed by atoms with E-state index in [0.717, 1.165) is 50.0 Å². The molecule has 0 aliphatic carbocycles. The summed E-state index contributed by atoms with van der Waals surface area (Å²) in [5.41, 5.74) is 1.56. The van der Waals surface area contributed by atoms with Crippen molar-refractivity contribution in [1.82, 2.24) is 19.9 Å². The fraction of sp³-hybridized carbons (Fsp3) is 0.348. The van der Waals surface area contributed by atoms with Crippen molar-refractivity contribution in [1.29, 1.82) is 0 Å². The summed E-state index contributed by atoms with van der Waals surface area (Å²) in [5, 5.41) is 8.56. The lowest BCUT2D eigenvalue weighted by Crippen LogP contribution is -2.36. The zero-order valence-electron chi connectivity index (χ0n) is 18.4. The number of nitrogens with zero attached hydrogens (tertiary/aromatic N) is 5. The van der Waals surface area contributed by atoms with E-state index < -0.39 is 23.5 Å². The zero-order chi connectivity index (χ0) is 24.1. The fourth-order valence-electron chi connectivity index (χ4n) is 3.66. The molecule has 0 bridgehead atoms. The summed E-state index contributed by atoms with van der Waals surface area (Å²) < 4.78 is 39.1. The average Bonchev–Trinajstić information content (AvgIpc) is 2.84. The van der Waals surface area contributed by atoms with Crippen molar-refractivity contribution in [3.8, 4) is 22.9 Å². The van der Waals surface area contributed by atoms with Gasteiger partial charge in [-0.3, -0.25) is 0 Å². The highest BCUT2D eigenvalue weighted by Gasteiger charge is 2.23. The number of aryl methyl sites for hydroxylation is 1. The molecule has 1 aromatic carbocycles. The van der Waals surface area contributed by atoms with Crippen molar-refractivity contribution in [2.45, 2.75) is 26.2 Å². The average molecular weight is 471 g/mol. The molecule has 0 radical (unpaired) electrons. The van der Waals surface area contributed by atoms with Gasteiger partial charge >= 0.3 is 12.2 Å². The van der Waals surface area contributed by atoms with E-state index in [-0.39, 0.29) is 24.1 Å². The molecule has 0 saturated carbocycles. The van der Waals surface area contributed by atoms with Crippen molar-refractivity contribution >= 4 is 12.1 Å². The molecule has 2 aromatic heterocycles. The second kappa shape index (κ2) is 10.4. The monoisotopic (exact) mass is 471 g/mol. The molecule has 1 fully saturated rings. The predicted molar refractivity (Wildman–Crippen MR) is 118 cm³/mol. The Hall–Kier alpha value is -3.89. The van der Waals surface area contributed by atoms with Gasteiger partial charge in [0.25, 0.3) is 0 Å². The van der Waals surface area contributed by atoms with Gasteiger partial charge in [0.1, 0.15) is 0 Å². The molecule has 34 heavy (non-hydrogen) atoms. The lowest BCUT2D eigenvalue weighted by molar-refractivity contribution is 0.140. The fourth-order valence-corrected chi connectivity index (χ4v) is 3.66. The molecule has 0 atom stereocenters. The molecule has 4 rings (SSSR count). The molecule has 11 heteroatoms. The maximum atomic E-state index is 14.6. The molecule has 178 valence electrons. The molecule has 1 N–H and O–H groups in total. The van der Waals surface area contributed by atoms with Crippen molar-refractivity contribution in [3.63, 3.8) is 0 Å². The highest BCUT2D eigenvalue weighted by atomic mass is 19.1. The van der Waals surface area contributed by atoms with Crippen LogP contribution in [0, 0.1) is 17.6 Å². The Kier molecular flexibility index (Phi) is 7.09. The van der Waals surface area contributed by atoms with Gasteiger partial charge in [-0.25, -0.2) is 33.5 Å². The number of piperidine rings is 1. The van der Waals surface area contributed by atoms with Crippen LogP contribution in [-0.4, -0.2) is 50.9 Å². The molecule has 9 nitrogen and oxygen atoms in total. The maximum Gasteiger partial charge on any atom is 0.513 e. The van der Waals surface area contributed by atoms with Crippen molar-refractivity contribution in [2.24, 2.45) is 5.92 Å². The molecule has 0 unspecified atom stereocenters. The van der Waals surface area contributed by atoms with Crippen molar-refractivity contribution in [3.05, 3.63) is 54.1 Å². The van der Waals surface area contributed by atoms with Gasteiger partial charge in [-0.2, -0.15) is 0 Å². The minimum Gasteiger partial charge on any atom is -0.487 e. The third-order valence-corrected chi connectivity index (χ3v) is 5.60. The first-order chi connectivity index (χ1) is 16.4. The Morgan fingerprint density at radius 3 is 2.21 bits per heavy atom. The summed E-state index contributed by atoms with van der Waals surface area (Å²) in [5.74, 6) is -1.28. The van der Waals surface area contributed by atoms with E-state index >= 15 is 0 Å². The lowest BCUT2D eigenvalue weighted by Gasteiger charge is -2.31. The first kappa shape index (κ1) is 23.3. The number of aromatic nitrogens is 4. The molecular formula is C23H23F2N5O4. The Bertz CT molecular complexity index is 1110. The van der Waals surface area contributed by atoms with Crippen molar-refractivity contribution < 1.29 is 28.2 Å². The molecule has 1 aliphatic heterocycles. The van der Waals surface area contributed by atoms with Gasteiger partial charge in [0, 0.05) is 43.4 Å². The van der Waals surface area contributed by atoms with Crippen LogP contribution < -0.4 is 14.4 Å². The summed E-state index contributed by atoms with van der Waals surface area (Å²) in [7, 11) is 0. The van der Waals surface area contributed by atoms with Crippen LogP contribution in [0.25, 0.3) is 11.1 Å². The summed E-state index contributed by atoms with van der Waals surface area (Å²) in [6.45, 7) is 3.73. The molecular weight excluding hydrogens is 448 g/mol. The number of benzene rings is 1. The zero-order valence-corrected chi connectivity index (χ0v) is 18.4. The third-order valence-electron chi connectivity index (χ3n) is 5.60. The number of carboxylic acid groups (broad SMARTS) is 1. The number of ether oxygens (including phenoxy) is 2. The van der Waals surface area contributed by atoms with Gasteiger partial charge in [0.2, 0.25) is 5.95 Å². The molecule has 3 aromatic rings. The molecule has 1 aliphatic rings. The van der Waals surface area contributed by atoms with Gasteiger partial charge in [-0.15, -0.1) is 0 Å². The van der Waals surface area contributed by atoms with Gasteiger partial charge in [0.15, 0.2) is 17.4 Å². The second-order valence-corrected chi connectivity index (χ2v) is 7.88. The van der Waals surface area contributed by atoms with Gasteiger partial charge in [-0.1, -0.05) is 6.92 Å². The van der Waals surface area contributed by atoms with Crippen LogP contribution in [0.2, 0.25) is 0 Å². The van der Waals surface area contributed by atoms with E-state index in [9.17, 15) is 13.6 Å². The Morgan fingerprint density at radius 2 is 1.65 bits per heavy atom. The number of carbonyl (C=O) groups is 1. The first-order valence-corrected chi connectivity index (χ1v) is 10.8. The molecule has 3 heterocycles. The van der Waals surface area contributed by atoms with Crippen LogP contribution in [0.4, 0.5) is 19.5 Å². The van der Waals surface area contributed by atoms with E-state index in [1.54, 1.807) is 0 Å². The molecule has 0 spiro atoms. The number of rotatable bonds is 7. The van der Waals surface area contributed by atoms with E-state index in [1.807, 2.05) is 19.3 Å². The highest BCUT2D eigenvalue weighted by molar-refractivity contribution is 5.64. The lowest BCUT2D eigenvalue weighted by atomic mass is 9.98. The normalized spacial score (nSPS) is 14.1. The third kappa shape index (κ3) is 5.53. The largest absolute Gasteiger partial charge is 0.513 e. The number of hydrogen-bond acceptors (Lipinski definition) is 8. The van der Waals surface area contributed by atoms with Crippen LogP contribution in [-0.2, 0) is 6.42 Å². The summed E-state index contributed by atoms with van der Waals surface area (Å²) in [6.07, 6.45) is 7.01. The SMILES string of the molecule is CCc1cnc(N2CCC(COc3c(F)cc(-c4cnc(OC(=O)O)nc4)cc3F)CC2)nc1. The van der Waals surface area contributed by atoms with Crippen LogP contribution in [0.1, 0.15) is 25.3 Å². The van der Waals surface area contributed by atoms with E-state index in [4.69, 9.17) is 9.84 Å². The van der Waals surface area contributed by atoms with E-state index in [2.05, 4.69) is 29.6 Å². The van der Waals surface area contributed by atoms with Gasteiger partial charge < -0.3 is 19.5 Å². The first-order valence-electron chi connectivity index (χ1n) is 10.8. The topological polar surface area (TPSA) is 111 Å². The summed E-state index contributed by atoms with van der Waals surface area (Å²) >= 11 is 0. The highest BCUT2D eigenvalue weighted by Crippen LogP contribution is 2.30. The van der Waals surface area contributed by atoms with Crippen LogP contribution in [0.5, 0.6) is 11.8 Å².